The van der Waals surface area contributed by atoms with Crippen LogP contribution in [0.2, 0.25) is 0 Å². The second-order valence-corrected chi connectivity index (χ2v) is 6.65. The van der Waals surface area contributed by atoms with Crippen molar-refractivity contribution in [3.8, 4) is 6.07 Å². The number of amides is 2. The number of nitriles is 1. The quantitative estimate of drug-likeness (QED) is 0.394. The normalized spacial score (nSPS) is 11.7. The maximum atomic E-state index is 13.5. The van der Waals surface area contributed by atoms with E-state index in [1.165, 1.54) is 31.5 Å². The molecule has 0 fully saturated rings. The lowest BCUT2D eigenvalue weighted by atomic mass is 10.1. The van der Waals surface area contributed by atoms with Crippen LogP contribution in [-0.2, 0) is 11.8 Å². The third-order valence-electron chi connectivity index (χ3n) is 4.71. The lowest BCUT2D eigenvalue weighted by Crippen LogP contribution is -2.45. The van der Waals surface area contributed by atoms with Gasteiger partial charge >= 0.3 is 0 Å². The van der Waals surface area contributed by atoms with Crippen molar-refractivity contribution >= 4 is 23.3 Å². The Morgan fingerprint density at radius 2 is 1.87 bits per heavy atom. The van der Waals surface area contributed by atoms with E-state index >= 15 is 0 Å². The highest BCUT2D eigenvalue weighted by Gasteiger charge is 2.31. The zero-order valence-corrected chi connectivity index (χ0v) is 16.7. The van der Waals surface area contributed by atoms with Crippen LogP contribution in [0.15, 0.2) is 18.2 Å². The van der Waals surface area contributed by atoms with Gasteiger partial charge in [0.15, 0.2) is 0 Å². The fraction of sp³-hybridized carbons (Fsp3) is 0.300. The smallest absolute Gasteiger partial charge is 0.294 e. The van der Waals surface area contributed by atoms with Crippen molar-refractivity contribution in [3.63, 3.8) is 0 Å². The lowest BCUT2D eigenvalue weighted by molar-refractivity contribution is -0.119. The summed E-state index contributed by atoms with van der Waals surface area (Å²) in [6, 6.07) is 2.88. The third-order valence-corrected chi connectivity index (χ3v) is 4.71. The predicted octanol–water partition coefficient (Wildman–Crippen LogP) is 2.81. The first kappa shape index (κ1) is 23.6. The number of carbonyl (C=O) groups excluding carboxylic acids is 3. The number of halogens is 4. The number of anilines is 1. The number of hydrogen-bond donors (Lipinski definition) is 2. The Hall–Kier alpha value is -3.68. The first-order valence-corrected chi connectivity index (χ1v) is 8.89. The van der Waals surface area contributed by atoms with Crippen LogP contribution in [0, 0.1) is 31.0 Å². The summed E-state index contributed by atoms with van der Waals surface area (Å²) in [5.74, 6) is -4.11. The van der Waals surface area contributed by atoms with Crippen LogP contribution in [-0.4, -0.2) is 41.3 Å². The highest BCUT2D eigenvalue weighted by atomic mass is 19.3. The summed E-state index contributed by atoms with van der Waals surface area (Å²) in [6.07, 6.45) is -3.20. The van der Waals surface area contributed by atoms with E-state index in [0.717, 1.165) is 12.1 Å². The first-order valence-electron chi connectivity index (χ1n) is 8.89. The van der Waals surface area contributed by atoms with E-state index in [2.05, 4.69) is 5.32 Å². The molecule has 1 aromatic heterocycles. The van der Waals surface area contributed by atoms with Crippen LogP contribution in [0.25, 0.3) is 0 Å². The van der Waals surface area contributed by atoms with Crippen LogP contribution >= 0.6 is 0 Å². The highest BCUT2D eigenvalue weighted by Crippen LogP contribution is 2.24. The number of Topliss-reactive ketones (excluding diaryl/α,β-unsaturated/α-hetero) is 1. The Balaban J connectivity index is 2.35. The Kier molecular flexibility index (Phi) is 7.17. The number of aromatic nitrogens is 1. The molecule has 164 valence electrons. The molecular formula is C20H18F4N4O3. The molecule has 2 amide bonds. The molecule has 2 aromatic rings. The number of rotatable bonds is 7. The molecule has 1 atom stereocenters. The number of nitrogens with one attached hydrogen (secondary N) is 2. The van der Waals surface area contributed by atoms with Gasteiger partial charge in [-0.3, -0.25) is 14.4 Å². The molecule has 7 nitrogen and oxygen atoms in total. The van der Waals surface area contributed by atoms with Gasteiger partial charge in [-0.25, -0.2) is 17.6 Å². The number of carbonyl (C=O) groups is 3. The van der Waals surface area contributed by atoms with Crippen LogP contribution in [0.3, 0.4) is 0 Å². The maximum absolute atomic E-state index is 13.5. The van der Waals surface area contributed by atoms with Crippen molar-refractivity contribution in [2.24, 2.45) is 7.05 Å². The highest BCUT2D eigenvalue weighted by molar-refractivity contribution is 6.43. The van der Waals surface area contributed by atoms with E-state index in [0.29, 0.717) is 0 Å². The van der Waals surface area contributed by atoms with E-state index in [1.54, 1.807) is 11.4 Å². The van der Waals surface area contributed by atoms with Crippen molar-refractivity contribution in [2.45, 2.75) is 26.3 Å². The summed E-state index contributed by atoms with van der Waals surface area (Å²) in [6.45, 7) is 1.32. The molecule has 1 heterocycles. The molecule has 11 heteroatoms. The van der Waals surface area contributed by atoms with Crippen molar-refractivity contribution in [3.05, 3.63) is 52.1 Å². The van der Waals surface area contributed by atoms with Crippen LogP contribution in [0.1, 0.15) is 37.7 Å². The Morgan fingerprint density at radius 3 is 2.42 bits per heavy atom. The summed E-state index contributed by atoms with van der Waals surface area (Å²) in [5.41, 5.74) is 0.00671. The maximum Gasteiger partial charge on any atom is 0.294 e. The van der Waals surface area contributed by atoms with Gasteiger partial charge in [0.1, 0.15) is 24.6 Å². The molecule has 1 unspecified atom stereocenters. The summed E-state index contributed by atoms with van der Waals surface area (Å²) in [7, 11) is 1.39. The van der Waals surface area contributed by atoms with Crippen LogP contribution in [0.5, 0.6) is 0 Å². The second kappa shape index (κ2) is 9.42. The average Bonchev–Trinajstić information content (AvgIpc) is 2.94. The molecular weight excluding hydrogens is 420 g/mol. The fourth-order valence-electron chi connectivity index (χ4n) is 3.03. The van der Waals surface area contributed by atoms with E-state index in [9.17, 15) is 31.9 Å². The molecule has 0 aliphatic rings. The topological polar surface area (TPSA) is 104 Å². The van der Waals surface area contributed by atoms with Gasteiger partial charge in [-0.05, 0) is 37.6 Å². The third kappa shape index (κ3) is 4.74. The molecule has 0 aliphatic heterocycles. The minimum Gasteiger partial charge on any atom is -0.344 e. The van der Waals surface area contributed by atoms with Crippen molar-refractivity contribution in [1.29, 1.82) is 5.26 Å². The minimum absolute atomic E-state index is 0.0254. The Morgan fingerprint density at radius 1 is 1.23 bits per heavy atom. The molecule has 0 bridgehead atoms. The fourth-order valence-corrected chi connectivity index (χ4v) is 3.03. The van der Waals surface area contributed by atoms with Gasteiger partial charge in [-0.2, -0.15) is 5.26 Å². The van der Waals surface area contributed by atoms with Crippen LogP contribution < -0.4 is 10.6 Å². The second-order valence-electron chi connectivity index (χ2n) is 6.65. The van der Waals surface area contributed by atoms with Gasteiger partial charge in [0.25, 0.3) is 24.0 Å². The summed E-state index contributed by atoms with van der Waals surface area (Å²) >= 11 is 0. The zero-order chi connectivity index (χ0) is 23.5. The molecule has 1 aromatic carbocycles. The van der Waals surface area contributed by atoms with Gasteiger partial charge < -0.3 is 15.2 Å². The van der Waals surface area contributed by atoms with Gasteiger partial charge in [-0.15, -0.1) is 0 Å². The molecule has 2 N–H and O–H groups in total. The van der Waals surface area contributed by atoms with E-state index in [-0.39, 0.29) is 33.8 Å². The minimum atomic E-state index is -3.20. The van der Waals surface area contributed by atoms with Gasteiger partial charge in [-0.1, -0.05) is 0 Å². The van der Waals surface area contributed by atoms with E-state index in [1.807, 2.05) is 0 Å². The molecule has 0 saturated carbocycles. The van der Waals surface area contributed by atoms with Crippen molar-refractivity contribution in [1.82, 2.24) is 9.88 Å². The molecule has 2 rings (SSSR count). The van der Waals surface area contributed by atoms with Gasteiger partial charge in [0, 0.05) is 18.4 Å². The predicted molar refractivity (Wildman–Crippen MR) is 102 cm³/mol. The van der Waals surface area contributed by atoms with E-state index < -0.39 is 42.6 Å². The number of nitrogens with zero attached hydrogens (tertiary/aromatic N) is 2. The summed E-state index contributed by atoms with van der Waals surface area (Å²) in [5, 5.41) is 13.0. The Bertz CT molecular complexity index is 1090. The SMILES string of the molecule is Cc1c(C(=O)Nc2ccc(F)c(C#N)c2)c(C)n(C)c1C(=O)C(=O)NC(CF)C(F)F. The summed E-state index contributed by atoms with van der Waals surface area (Å²) in [4.78, 5) is 37.3. The molecule has 0 saturated heterocycles. The molecule has 0 radical (unpaired) electrons. The number of alkyl halides is 3. The monoisotopic (exact) mass is 438 g/mol. The molecule has 0 aliphatic carbocycles. The number of hydrogen-bond acceptors (Lipinski definition) is 4. The largest absolute Gasteiger partial charge is 0.344 e. The van der Waals surface area contributed by atoms with Crippen molar-refractivity contribution in [2.75, 3.05) is 12.0 Å². The number of benzene rings is 1. The van der Waals surface area contributed by atoms with Gasteiger partial charge in [0.05, 0.1) is 16.8 Å². The summed E-state index contributed by atoms with van der Waals surface area (Å²) < 4.78 is 52.7. The Labute approximate surface area is 174 Å². The molecule has 31 heavy (non-hydrogen) atoms. The lowest BCUT2D eigenvalue weighted by Gasteiger charge is -2.14. The average molecular weight is 438 g/mol. The number of ketones is 1. The van der Waals surface area contributed by atoms with E-state index in [4.69, 9.17) is 5.26 Å². The zero-order valence-electron chi connectivity index (χ0n) is 16.7. The van der Waals surface area contributed by atoms with Crippen molar-refractivity contribution < 1.29 is 31.9 Å². The van der Waals surface area contributed by atoms with Gasteiger partial charge in [0.2, 0.25) is 0 Å². The van der Waals surface area contributed by atoms with Crippen LogP contribution in [0.4, 0.5) is 23.2 Å². The first-order chi connectivity index (χ1) is 14.5. The molecule has 0 spiro atoms. The standard InChI is InChI=1S/C20H18F4N4O3/c1-9-15(19(30)26-12-4-5-13(22)11(6-12)8-25)10(2)28(3)16(9)17(29)20(31)27-14(7-21)18(23)24/h4-6,14,18H,7H2,1-3H3,(H,26,30)(H,27,31).